The third-order valence-electron chi connectivity index (χ3n) is 5.16. The van der Waals surface area contributed by atoms with Crippen molar-refractivity contribution < 1.29 is 34.8 Å². The van der Waals surface area contributed by atoms with Gasteiger partial charge in [-0.25, -0.2) is 19.7 Å². The van der Waals surface area contributed by atoms with E-state index >= 15 is 0 Å². The Labute approximate surface area is 175 Å². The highest BCUT2D eigenvalue weighted by atomic mass is 16.8. The fraction of sp³-hybridized carbons (Fsp3) is 0.368. The number of hydrogen-bond acceptors (Lipinski definition) is 10. The number of aliphatic hydroxyl groups is 3. The fourth-order valence-corrected chi connectivity index (χ4v) is 3.43. The number of aromatic nitrogens is 4. The molecule has 1 aromatic carbocycles. The largest absolute Gasteiger partial charge is 0.479 e. The summed E-state index contributed by atoms with van der Waals surface area (Å²) < 4.78 is 6.41. The minimum Gasteiger partial charge on any atom is -0.479 e. The number of aliphatic hydroxyl groups excluding tert-OH is 2. The Morgan fingerprint density at radius 1 is 1.26 bits per heavy atom. The molecule has 1 aliphatic heterocycles. The number of aliphatic carboxylic acids is 1. The van der Waals surface area contributed by atoms with E-state index in [-0.39, 0.29) is 17.0 Å². The monoisotopic (exact) mass is 431 g/mol. The van der Waals surface area contributed by atoms with Gasteiger partial charge in [-0.15, -0.1) is 4.73 Å². The number of nitrogens with zero attached hydrogens (tertiary/aromatic N) is 4. The number of carboxylic acid groups (broad SMARTS) is 1. The molecule has 31 heavy (non-hydrogen) atoms. The first kappa shape index (κ1) is 20.9. The zero-order valence-electron chi connectivity index (χ0n) is 16.4. The Kier molecular flexibility index (Phi) is 5.23. The summed E-state index contributed by atoms with van der Waals surface area (Å²) >= 11 is 0. The molecule has 4 rings (SSSR count). The van der Waals surface area contributed by atoms with Crippen LogP contribution < -0.4 is 10.6 Å². The van der Waals surface area contributed by atoms with E-state index in [1.165, 1.54) is 13.3 Å². The number of anilines is 1. The average molecular weight is 431 g/mol. The molecule has 0 saturated carbocycles. The Hall–Kier alpha value is -3.32. The topological polar surface area (TPSA) is 186 Å². The second-order valence-corrected chi connectivity index (χ2v) is 7.27. The summed E-state index contributed by atoms with van der Waals surface area (Å²) in [5, 5.41) is 40.2. The van der Waals surface area contributed by atoms with Crippen LogP contribution in [0, 0.1) is 0 Å². The van der Waals surface area contributed by atoms with Gasteiger partial charge >= 0.3 is 5.97 Å². The maximum absolute atomic E-state index is 11.5. The molecule has 1 aliphatic rings. The lowest BCUT2D eigenvalue weighted by Crippen LogP contribution is -2.70. The standard InChI is InChI=1S/C19H21N5O7/c1-9-13(25)19(29,18(27)28)14(26)17(30-9)31-24-8-21-12-15(20)22-11(23-16(12)24)7-10-5-3-2-4-6-10/h2-6,8-9,13-14,17,25-26,29H,7H2,1H3,(H,27,28)(H2,20,22,23)/t9-,13-,14+,17?,19+/m1/s1. The van der Waals surface area contributed by atoms with Crippen molar-refractivity contribution in [2.45, 2.75) is 43.5 Å². The molecule has 0 aliphatic carbocycles. The first-order chi connectivity index (χ1) is 14.7. The predicted molar refractivity (Wildman–Crippen MR) is 104 cm³/mol. The molecular formula is C19H21N5O7. The van der Waals surface area contributed by atoms with Gasteiger partial charge in [-0.3, -0.25) is 0 Å². The van der Waals surface area contributed by atoms with Crippen LogP contribution >= 0.6 is 0 Å². The molecule has 3 aromatic rings. The summed E-state index contributed by atoms with van der Waals surface area (Å²) in [6.07, 6.45) is -5.21. The summed E-state index contributed by atoms with van der Waals surface area (Å²) in [7, 11) is 0. The lowest BCUT2D eigenvalue weighted by Gasteiger charge is -2.44. The molecule has 2 aromatic heterocycles. The molecule has 1 fully saturated rings. The number of ether oxygens (including phenoxy) is 1. The molecular weight excluding hydrogens is 410 g/mol. The molecule has 12 heteroatoms. The van der Waals surface area contributed by atoms with Crippen LogP contribution in [0.15, 0.2) is 36.7 Å². The molecule has 0 radical (unpaired) electrons. The highest BCUT2D eigenvalue weighted by Crippen LogP contribution is 2.30. The van der Waals surface area contributed by atoms with Crippen molar-refractivity contribution in [1.82, 2.24) is 19.7 Å². The fourth-order valence-electron chi connectivity index (χ4n) is 3.43. The molecule has 164 valence electrons. The van der Waals surface area contributed by atoms with Gasteiger partial charge in [-0.05, 0) is 12.5 Å². The number of nitrogen functional groups attached to an aromatic ring is 1. The van der Waals surface area contributed by atoms with Gasteiger partial charge in [0.1, 0.15) is 18.3 Å². The van der Waals surface area contributed by atoms with Crippen molar-refractivity contribution in [2.24, 2.45) is 0 Å². The van der Waals surface area contributed by atoms with E-state index in [0.29, 0.717) is 12.2 Å². The smallest absolute Gasteiger partial charge is 0.341 e. The number of fused-ring (bicyclic) bond motifs is 1. The zero-order chi connectivity index (χ0) is 22.3. The van der Waals surface area contributed by atoms with Crippen LogP contribution in [-0.2, 0) is 16.0 Å². The molecule has 3 heterocycles. The lowest BCUT2D eigenvalue weighted by atomic mass is 9.84. The lowest BCUT2D eigenvalue weighted by molar-refractivity contribution is -0.319. The van der Waals surface area contributed by atoms with E-state index in [0.717, 1.165) is 10.3 Å². The number of carbonyl (C=O) groups is 1. The average Bonchev–Trinajstić information content (AvgIpc) is 3.14. The zero-order valence-corrected chi connectivity index (χ0v) is 16.4. The van der Waals surface area contributed by atoms with E-state index < -0.39 is 36.2 Å². The van der Waals surface area contributed by atoms with Crippen LogP contribution in [-0.4, -0.2) is 76.3 Å². The van der Waals surface area contributed by atoms with Crippen LogP contribution in [0.1, 0.15) is 18.3 Å². The maximum Gasteiger partial charge on any atom is 0.341 e. The Balaban J connectivity index is 1.66. The van der Waals surface area contributed by atoms with Crippen molar-refractivity contribution in [3.63, 3.8) is 0 Å². The van der Waals surface area contributed by atoms with Gasteiger partial charge < -0.3 is 35.7 Å². The Morgan fingerprint density at radius 3 is 2.65 bits per heavy atom. The maximum atomic E-state index is 11.5. The third-order valence-corrected chi connectivity index (χ3v) is 5.16. The van der Waals surface area contributed by atoms with Crippen LogP contribution in [0.3, 0.4) is 0 Å². The molecule has 1 saturated heterocycles. The Bertz CT molecular complexity index is 1110. The van der Waals surface area contributed by atoms with E-state index in [4.69, 9.17) is 15.3 Å². The second-order valence-electron chi connectivity index (χ2n) is 7.27. The predicted octanol–water partition coefficient (Wildman–Crippen LogP) is -1.29. The second kappa shape index (κ2) is 7.74. The summed E-state index contributed by atoms with van der Waals surface area (Å²) in [5.74, 6) is -1.32. The van der Waals surface area contributed by atoms with Crippen molar-refractivity contribution in [1.29, 1.82) is 0 Å². The van der Waals surface area contributed by atoms with Gasteiger partial charge in [0.25, 0.3) is 6.29 Å². The normalized spacial score (nSPS) is 28.5. The quantitative estimate of drug-likeness (QED) is 0.323. The van der Waals surface area contributed by atoms with Gasteiger partial charge in [0.2, 0.25) is 11.2 Å². The highest BCUT2D eigenvalue weighted by molar-refractivity contribution is 5.81. The van der Waals surface area contributed by atoms with Gasteiger partial charge in [-0.1, -0.05) is 30.3 Å². The van der Waals surface area contributed by atoms with E-state index in [1.54, 1.807) is 0 Å². The van der Waals surface area contributed by atoms with E-state index in [1.807, 2.05) is 30.3 Å². The number of rotatable bonds is 5. The van der Waals surface area contributed by atoms with Crippen LogP contribution in [0.25, 0.3) is 11.2 Å². The van der Waals surface area contributed by atoms with Crippen LogP contribution in [0.2, 0.25) is 0 Å². The summed E-state index contributed by atoms with van der Waals surface area (Å²) in [6, 6.07) is 9.46. The number of benzene rings is 1. The van der Waals surface area contributed by atoms with Crippen molar-refractivity contribution in [3.05, 3.63) is 48.0 Å². The van der Waals surface area contributed by atoms with Crippen LogP contribution in [0.5, 0.6) is 0 Å². The minimum absolute atomic E-state index is 0.106. The van der Waals surface area contributed by atoms with Crippen molar-refractivity contribution >= 4 is 23.0 Å². The summed E-state index contributed by atoms with van der Waals surface area (Å²) in [4.78, 5) is 29.8. The highest BCUT2D eigenvalue weighted by Gasteiger charge is 2.60. The third kappa shape index (κ3) is 3.55. The molecule has 0 spiro atoms. The molecule has 1 unspecified atom stereocenters. The first-order valence-electron chi connectivity index (χ1n) is 9.39. The summed E-state index contributed by atoms with van der Waals surface area (Å²) in [6.45, 7) is 1.34. The van der Waals surface area contributed by atoms with Gasteiger partial charge in [0, 0.05) is 6.42 Å². The number of carboxylic acids is 1. The van der Waals surface area contributed by atoms with Gasteiger partial charge in [0.05, 0.1) is 6.10 Å². The Morgan fingerprint density at radius 2 is 1.97 bits per heavy atom. The number of imidazole rings is 1. The molecule has 6 N–H and O–H groups in total. The number of hydrogen-bond donors (Lipinski definition) is 5. The molecule has 12 nitrogen and oxygen atoms in total. The van der Waals surface area contributed by atoms with Gasteiger partial charge in [-0.2, -0.15) is 0 Å². The summed E-state index contributed by atoms with van der Waals surface area (Å²) in [5.41, 5.74) is 4.43. The van der Waals surface area contributed by atoms with E-state index in [9.17, 15) is 25.2 Å². The van der Waals surface area contributed by atoms with Crippen molar-refractivity contribution in [2.75, 3.05) is 5.73 Å². The SMILES string of the molecule is C[C@H]1OC(On2cnc3c(N)nc(Cc4ccccc4)nc32)[C@H](O)[C@](O)(C(=O)O)[C@@H]1O. The molecule has 0 bridgehead atoms. The molecule has 0 amide bonds. The molecule has 5 atom stereocenters. The van der Waals surface area contributed by atoms with Crippen LogP contribution in [0.4, 0.5) is 5.82 Å². The van der Waals surface area contributed by atoms with Gasteiger partial charge in [0.15, 0.2) is 17.4 Å². The first-order valence-corrected chi connectivity index (χ1v) is 9.39. The number of nitrogens with two attached hydrogens (primary N) is 1. The van der Waals surface area contributed by atoms with Crippen molar-refractivity contribution in [3.8, 4) is 0 Å². The minimum atomic E-state index is -2.90. The van der Waals surface area contributed by atoms with E-state index in [2.05, 4.69) is 15.0 Å².